The van der Waals surface area contributed by atoms with Gasteiger partial charge >= 0.3 is 6.03 Å². The van der Waals surface area contributed by atoms with Gasteiger partial charge in [-0.05, 0) is 12.1 Å². The van der Waals surface area contributed by atoms with Crippen molar-refractivity contribution >= 4 is 39.2 Å². The number of nitrogens with zero attached hydrogens (tertiary/aromatic N) is 1. The number of carbonyl (C=O) groups excluding carboxylic acids is 1. The molecule has 2 amide bonds. The summed E-state index contributed by atoms with van der Waals surface area (Å²) in [6.45, 7) is 0. The highest BCUT2D eigenvalue weighted by Gasteiger charge is 2.12. The summed E-state index contributed by atoms with van der Waals surface area (Å²) in [5.74, 6) is 1.82. The Balaban J connectivity index is 1.47. The van der Waals surface area contributed by atoms with Gasteiger partial charge < -0.3 is 19.2 Å². The van der Waals surface area contributed by atoms with Crippen molar-refractivity contribution in [1.29, 1.82) is 0 Å². The smallest absolute Gasteiger partial charge is 0.325 e. The molecule has 0 radical (unpaired) electrons. The van der Waals surface area contributed by atoms with Crippen LogP contribution in [0.1, 0.15) is 0 Å². The average molecular weight is 395 g/mol. The van der Waals surface area contributed by atoms with Crippen molar-refractivity contribution in [3.8, 4) is 23.0 Å². The number of hydrogen-bond donors (Lipinski definition) is 2. The number of benzene rings is 2. The largest absolute Gasteiger partial charge is 0.497 e. The van der Waals surface area contributed by atoms with Crippen LogP contribution < -0.4 is 20.1 Å². The van der Waals surface area contributed by atoms with Gasteiger partial charge in [0.1, 0.15) is 22.8 Å². The summed E-state index contributed by atoms with van der Waals surface area (Å²) < 4.78 is 16.2. The lowest BCUT2D eigenvalue weighted by molar-refractivity contribution is 0.262. The van der Waals surface area contributed by atoms with Crippen LogP contribution in [0.2, 0.25) is 0 Å². The summed E-state index contributed by atoms with van der Waals surface area (Å²) in [4.78, 5) is 16.7. The molecular formula is C20H17N3O4S. The molecule has 142 valence electrons. The van der Waals surface area contributed by atoms with Gasteiger partial charge in [0.25, 0.3) is 0 Å². The molecule has 0 bridgehead atoms. The number of ether oxygens (including phenoxy) is 2. The molecule has 8 heteroatoms. The molecule has 4 rings (SSSR count). The van der Waals surface area contributed by atoms with Crippen LogP contribution in [0, 0.1) is 0 Å². The van der Waals surface area contributed by atoms with E-state index >= 15 is 0 Å². The van der Waals surface area contributed by atoms with Crippen molar-refractivity contribution in [3.05, 3.63) is 53.9 Å². The number of carbonyl (C=O) groups is 1. The summed E-state index contributed by atoms with van der Waals surface area (Å²) in [5.41, 5.74) is 2.01. The number of urea groups is 1. The SMILES string of the molecule is COc1cc(NC(=O)Nc2nc(-c3cc4ccccc4o3)cs2)cc(OC)c1. The average Bonchev–Trinajstić information content (AvgIpc) is 3.34. The summed E-state index contributed by atoms with van der Waals surface area (Å²) in [7, 11) is 3.10. The van der Waals surface area contributed by atoms with E-state index in [2.05, 4.69) is 15.6 Å². The van der Waals surface area contributed by atoms with E-state index in [4.69, 9.17) is 13.9 Å². The Bertz CT molecular complexity index is 1080. The molecule has 2 N–H and O–H groups in total. The standard InChI is InChI=1S/C20H17N3O4S/c1-25-14-8-13(9-15(10-14)26-2)21-19(24)23-20-22-16(11-28-20)18-7-12-5-3-4-6-17(12)27-18/h3-11H,1-2H3,(H2,21,22,23,24). The molecule has 7 nitrogen and oxygen atoms in total. The topological polar surface area (TPSA) is 85.6 Å². The van der Waals surface area contributed by atoms with Crippen LogP contribution >= 0.6 is 11.3 Å². The molecule has 0 spiro atoms. The Hall–Kier alpha value is -3.52. The molecule has 0 unspecified atom stereocenters. The molecule has 2 aromatic carbocycles. The van der Waals surface area contributed by atoms with Crippen molar-refractivity contribution in [1.82, 2.24) is 4.98 Å². The number of amides is 2. The Kier molecular flexibility index (Phi) is 4.86. The second-order valence-electron chi connectivity index (χ2n) is 5.87. The van der Waals surface area contributed by atoms with Crippen LogP contribution in [0.4, 0.5) is 15.6 Å². The Morgan fingerprint density at radius 2 is 1.79 bits per heavy atom. The number of nitrogens with one attached hydrogen (secondary N) is 2. The maximum absolute atomic E-state index is 12.3. The number of thiazole rings is 1. The van der Waals surface area contributed by atoms with E-state index in [0.717, 1.165) is 11.0 Å². The lowest BCUT2D eigenvalue weighted by Crippen LogP contribution is -2.19. The van der Waals surface area contributed by atoms with Gasteiger partial charge in [-0.2, -0.15) is 0 Å². The van der Waals surface area contributed by atoms with Crippen LogP contribution in [0.3, 0.4) is 0 Å². The van der Waals surface area contributed by atoms with Crippen LogP contribution in [-0.2, 0) is 0 Å². The summed E-state index contributed by atoms with van der Waals surface area (Å²) >= 11 is 1.32. The number of aromatic nitrogens is 1. The molecule has 4 aromatic rings. The van der Waals surface area contributed by atoms with Crippen LogP contribution in [-0.4, -0.2) is 25.2 Å². The predicted molar refractivity (Wildman–Crippen MR) is 110 cm³/mol. The second kappa shape index (κ2) is 7.61. The van der Waals surface area contributed by atoms with Crippen LogP contribution in [0.25, 0.3) is 22.4 Å². The van der Waals surface area contributed by atoms with Crippen molar-refractivity contribution < 1.29 is 18.7 Å². The second-order valence-corrected chi connectivity index (χ2v) is 6.72. The van der Waals surface area contributed by atoms with Crippen molar-refractivity contribution in [2.75, 3.05) is 24.9 Å². The zero-order valence-electron chi connectivity index (χ0n) is 15.2. The van der Waals surface area contributed by atoms with Gasteiger partial charge in [-0.25, -0.2) is 9.78 Å². The van der Waals surface area contributed by atoms with Gasteiger partial charge in [0.05, 0.1) is 14.2 Å². The Morgan fingerprint density at radius 1 is 1.04 bits per heavy atom. The molecule has 0 saturated heterocycles. The number of methoxy groups -OCH3 is 2. The molecule has 0 aliphatic carbocycles. The first-order chi connectivity index (χ1) is 13.6. The van der Waals surface area contributed by atoms with Gasteiger partial charge in [0.2, 0.25) is 0 Å². The van der Waals surface area contributed by atoms with Gasteiger partial charge in [-0.15, -0.1) is 11.3 Å². The fourth-order valence-corrected chi connectivity index (χ4v) is 3.39. The monoisotopic (exact) mass is 395 g/mol. The maximum atomic E-state index is 12.3. The summed E-state index contributed by atoms with van der Waals surface area (Å²) in [5, 5.41) is 8.77. The van der Waals surface area contributed by atoms with E-state index in [-0.39, 0.29) is 0 Å². The fraction of sp³-hybridized carbons (Fsp3) is 0.100. The highest BCUT2D eigenvalue weighted by molar-refractivity contribution is 7.14. The minimum Gasteiger partial charge on any atom is -0.497 e. The Labute approximate surface area is 164 Å². The van der Waals surface area contributed by atoms with E-state index in [1.165, 1.54) is 11.3 Å². The number of para-hydroxylation sites is 1. The quantitative estimate of drug-likeness (QED) is 0.484. The number of fused-ring (bicyclic) bond motifs is 1. The fourth-order valence-electron chi connectivity index (χ4n) is 2.69. The van der Waals surface area contributed by atoms with Gasteiger partial charge in [0.15, 0.2) is 10.9 Å². The highest BCUT2D eigenvalue weighted by Crippen LogP contribution is 2.30. The minimum atomic E-state index is -0.416. The Morgan fingerprint density at radius 3 is 2.50 bits per heavy atom. The first kappa shape index (κ1) is 17.9. The molecule has 2 aromatic heterocycles. The van der Waals surface area contributed by atoms with Gasteiger partial charge in [-0.1, -0.05) is 18.2 Å². The van der Waals surface area contributed by atoms with Crippen LogP contribution in [0.15, 0.2) is 58.3 Å². The maximum Gasteiger partial charge on any atom is 0.325 e. The summed E-state index contributed by atoms with van der Waals surface area (Å²) in [6, 6.07) is 14.4. The molecule has 0 atom stereocenters. The van der Waals surface area contributed by atoms with E-state index in [0.29, 0.717) is 33.8 Å². The molecule has 0 saturated carbocycles. The molecule has 0 aliphatic rings. The third-order valence-electron chi connectivity index (χ3n) is 4.01. The number of hydrogen-bond acceptors (Lipinski definition) is 6. The highest BCUT2D eigenvalue weighted by atomic mass is 32.1. The molecule has 0 fully saturated rings. The van der Waals surface area contributed by atoms with E-state index in [1.54, 1.807) is 32.4 Å². The molecule has 2 heterocycles. The first-order valence-electron chi connectivity index (χ1n) is 8.40. The van der Waals surface area contributed by atoms with E-state index in [9.17, 15) is 4.79 Å². The van der Waals surface area contributed by atoms with Gasteiger partial charge in [-0.3, -0.25) is 5.32 Å². The minimum absolute atomic E-state index is 0.416. The normalized spacial score (nSPS) is 10.6. The predicted octanol–water partition coefficient (Wildman–Crippen LogP) is 5.22. The number of rotatable bonds is 5. The lowest BCUT2D eigenvalue weighted by Gasteiger charge is -2.09. The number of anilines is 2. The van der Waals surface area contributed by atoms with Crippen molar-refractivity contribution in [2.24, 2.45) is 0 Å². The number of furan rings is 1. The van der Waals surface area contributed by atoms with E-state index in [1.807, 2.05) is 35.7 Å². The van der Waals surface area contributed by atoms with Crippen molar-refractivity contribution in [3.63, 3.8) is 0 Å². The molecule has 0 aliphatic heterocycles. The third kappa shape index (κ3) is 3.77. The first-order valence-corrected chi connectivity index (χ1v) is 9.28. The molecule has 28 heavy (non-hydrogen) atoms. The zero-order valence-corrected chi connectivity index (χ0v) is 16.0. The van der Waals surface area contributed by atoms with Crippen molar-refractivity contribution in [2.45, 2.75) is 0 Å². The third-order valence-corrected chi connectivity index (χ3v) is 4.77. The molecular weight excluding hydrogens is 378 g/mol. The zero-order chi connectivity index (χ0) is 19.5. The lowest BCUT2D eigenvalue weighted by atomic mass is 10.2. The van der Waals surface area contributed by atoms with Crippen LogP contribution in [0.5, 0.6) is 11.5 Å². The summed E-state index contributed by atoms with van der Waals surface area (Å²) in [6.07, 6.45) is 0. The van der Waals surface area contributed by atoms with Gasteiger partial charge in [0, 0.05) is 34.7 Å². The van der Waals surface area contributed by atoms with E-state index < -0.39 is 6.03 Å².